The Kier molecular flexibility index (Phi) is 3.76. The molecule has 2 unspecified atom stereocenters. The van der Waals surface area contributed by atoms with E-state index in [1.165, 1.54) is 11.3 Å². The van der Waals surface area contributed by atoms with Gasteiger partial charge in [0.05, 0.1) is 8.66 Å². The number of ketones is 1. The van der Waals surface area contributed by atoms with Gasteiger partial charge < -0.3 is 4.90 Å². The molecule has 0 spiro atoms. The lowest BCUT2D eigenvalue weighted by molar-refractivity contribution is -0.121. The molecular weight excluding hydrogens is 326 g/mol. The lowest BCUT2D eigenvalue weighted by Gasteiger charge is -2.28. The van der Waals surface area contributed by atoms with Crippen molar-refractivity contribution in [2.75, 3.05) is 6.54 Å². The lowest BCUT2D eigenvalue weighted by Crippen LogP contribution is -2.41. The Hall–Kier alpha value is -0.680. The molecule has 3 rings (SSSR count). The van der Waals surface area contributed by atoms with E-state index in [0.29, 0.717) is 12.2 Å². The van der Waals surface area contributed by atoms with Crippen molar-refractivity contribution in [3.05, 3.63) is 20.8 Å². The minimum Gasteiger partial charge on any atom is -0.334 e. The number of amides is 1. The van der Waals surface area contributed by atoms with Gasteiger partial charge in [-0.15, -0.1) is 11.3 Å². The van der Waals surface area contributed by atoms with E-state index in [1.807, 2.05) is 17.0 Å². The van der Waals surface area contributed by atoms with Crippen LogP contribution < -0.4 is 0 Å². The summed E-state index contributed by atoms with van der Waals surface area (Å²) in [4.78, 5) is 27.2. The van der Waals surface area contributed by atoms with E-state index in [1.54, 1.807) is 0 Å². The van der Waals surface area contributed by atoms with E-state index in [4.69, 9.17) is 0 Å². The molecule has 1 aliphatic heterocycles. The minimum absolute atomic E-state index is 0.0925. The number of nitrogens with zero attached hydrogens (tertiary/aromatic N) is 1. The third-order valence-corrected chi connectivity index (χ3v) is 5.77. The molecule has 1 aromatic rings. The molecule has 102 valence electrons. The molecule has 3 nitrogen and oxygen atoms in total. The fraction of sp³-hybridized carbons (Fsp3) is 0.571. The van der Waals surface area contributed by atoms with Crippen LogP contribution in [0.2, 0.25) is 0 Å². The highest BCUT2D eigenvalue weighted by molar-refractivity contribution is 9.11. The van der Waals surface area contributed by atoms with Gasteiger partial charge >= 0.3 is 0 Å². The standard InChI is InChI=1S/C14H16BrNO2S/c15-13-7-6-12(19-13)14(18)16-8-2-4-10(16)9-3-1-5-11(9)17/h6-7,9-10H,1-5,8H2. The van der Waals surface area contributed by atoms with Crippen molar-refractivity contribution in [3.8, 4) is 0 Å². The number of thiophene rings is 1. The molecule has 1 aliphatic carbocycles. The molecule has 2 fully saturated rings. The van der Waals surface area contributed by atoms with Gasteiger partial charge in [0.25, 0.3) is 5.91 Å². The van der Waals surface area contributed by atoms with Crippen LogP contribution in [0.3, 0.4) is 0 Å². The van der Waals surface area contributed by atoms with Crippen molar-refractivity contribution >= 4 is 39.0 Å². The quantitative estimate of drug-likeness (QED) is 0.825. The summed E-state index contributed by atoms with van der Waals surface area (Å²) in [5.74, 6) is 0.546. The van der Waals surface area contributed by atoms with E-state index in [0.717, 1.165) is 40.9 Å². The third kappa shape index (κ3) is 2.50. The maximum Gasteiger partial charge on any atom is 0.264 e. The number of carbonyl (C=O) groups excluding carboxylic acids is 2. The molecule has 2 aliphatic rings. The summed E-state index contributed by atoms with van der Waals surface area (Å²) in [5, 5.41) is 0. The Morgan fingerprint density at radius 3 is 2.79 bits per heavy atom. The summed E-state index contributed by atoms with van der Waals surface area (Å²) in [5.41, 5.74) is 0. The summed E-state index contributed by atoms with van der Waals surface area (Å²) in [7, 11) is 0. The van der Waals surface area contributed by atoms with E-state index in [-0.39, 0.29) is 17.9 Å². The first-order valence-electron chi connectivity index (χ1n) is 6.76. The van der Waals surface area contributed by atoms with Crippen LogP contribution in [0.25, 0.3) is 0 Å². The lowest BCUT2D eigenvalue weighted by atomic mass is 9.95. The predicted molar refractivity (Wildman–Crippen MR) is 78.4 cm³/mol. The fourth-order valence-electron chi connectivity index (χ4n) is 3.28. The van der Waals surface area contributed by atoms with E-state index >= 15 is 0 Å². The van der Waals surface area contributed by atoms with Gasteiger partial charge in [-0.05, 0) is 53.7 Å². The molecule has 1 aromatic heterocycles. The second kappa shape index (κ2) is 5.37. The van der Waals surface area contributed by atoms with Gasteiger partial charge in [-0.25, -0.2) is 0 Å². The van der Waals surface area contributed by atoms with Crippen LogP contribution in [0.5, 0.6) is 0 Å². The average Bonchev–Trinajstić information content (AvgIpc) is 3.07. The van der Waals surface area contributed by atoms with Gasteiger partial charge in [0.1, 0.15) is 5.78 Å². The molecule has 0 N–H and O–H groups in total. The van der Waals surface area contributed by atoms with E-state index < -0.39 is 0 Å². The molecular formula is C14H16BrNO2S. The Bertz CT molecular complexity index is 513. The topological polar surface area (TPSA) is 37.4 Å². The van der Waals surface area contributed by atoms with Crippen molar-refractivity contribution in [1.29, 1.82) is 0 Å². The Labute approximate surface area is 125 Å². The normalized spacial score (nSPS) is 27.2. The van der Waals surface area contributed by atoms with Gasteiger partial charge in [0, 0.05) is 24.9 Å². The number of hydrogen-bond acceptors (Lipinski definition) is 3. The SMILES string of the molecule is O=C1CCCC1C1CCCN1C(=O)c1ccc(Br)s1. The molecule has 5 heteroatoms. The summed E-state index contributed by atoms with van der Waals surface area (Å²) in [6.07, 6.45) is 4.66. The highest BCUT2D eigenvalue weighted by Crippen LogP contribution is 2.35. The third-order valence-electron chi connectivity index (χ3n) is 4.16. The first-order chi connectivity index (χ1) is 9.16. The van der Waals surface area contributed by atoms with E-state index in [9.17, 15) is 9.59 Å². The Morgan fingerprint density at radius 2 is 2.16 bits per heavy atom. The molecule has 2 atom stereocenters. The molecule has 0 bridgehead atoms. The summed E-state index contributed by atoms with van der Waals surface area (Å²) < 4.78 is 0.975. The Morgan fingerprint density at radius 1 is 1.32 bits per heavy atom. The summed E-state index contributed by atoms with van der Waals surface area (Å²) >= 11 is 4.86. The monoisotopic (exact) mass is 341 g/mol. The maximum atomic E-state index is 12.5. The molecule has 2 heterocycles. The van der Waals surface area contributed by atoms with Crippen molar-refractivity contribution < 1.29 is 9.59 Å². The largest absolute Gasteiger partial charge is 0.334 e. The minimum atomic E-state index is 0.0925. The van der Waals surface area contributed by atoms with E-state index in [2.05, 4.69) is 15.9 Å². The van der Waals surface area contributed by atoms with Gasteiger partial charge in [0.2, 0.25) is 0 Å². The van der Waals surface area contributed by atoms with Crippen LogP contribution in [-0.4, -0.2) is 29.2 Å². The number of rotatable bonds is 2. The van der Waals surface area contributed by atoms with Crippen molar-refractivity contribution in [3.63, 3.8) is 0 Å². The smallest absolute Gasteiger partial charge is 0.264 e. The van der Waals surface area contributed by atoms with Gasteiger partial charge in [0.15, 0.2) is 0 Å². The van der Waals surface area contributed by atoms with Crippen molar-refractivity contribution in [2.45, 2.75) is 38.1 Å². The Balaban J connectivity index is 1.79. The van der Waals surface area contributed by atoms with Crippen LogP contribution in [0.1, 0.15) is 41.8 Å². The molecule has 19 heavy (non-hydrogen) atoms. The first-order valence-corrected chi connectivity index (χ1v) is 8.37. The highest BCUT2D eigenvalue weighted by Gasteiger charge is 2.40. The van der Waals surface area contributed by atoms with Crippen LogP contribution in [0.15, 0.2) is 15.9 Å². The van der Waals surface area contributed by atoms with Gasteiger partial charge in [-0.2, -0.15) is 0 Å². The van der Waals surface area contributed by atoms with Gasteiger partial charge in [-0.3, -0.25) is 9.59 Å². The number of carbonyl (C=O) groups is 2. The highest BCUT2D eigenvalue weighted by atomic mass is 79.9. The van der Waals surface area contributed by atoms with Crippen LogP contribution in [0, 0.1) is 5.92 Å². The molecule has 1 amide bonds. The number of hydrogen-bond donors (Lipinski definition) is 0. The second-order valence-corrected chi connectivity index (χ2v) is 7.74. The average molecular weight is 342 g/mol. The maximum absolute atomic E-state index is 12.5. The number of halogens is 1. The zero-order chi connectivity index (χ0) is 13.4. The van der Waals surface area contributed by atoms with Crippen molar-refractivity contribution in [2.24, 2.45) is 5.92 Å². The number of Topliss-reactive ketones (excluding diaryl/α,β-unsaturated/α-hetero) is 1. The zero-order valence-electron chi connectivity index (χ0n) is 10.6. The van der Waals surface area contributed by atoms with Crippen LogP contribution >= 0.6 is 27.3 Å². The molecule has 0 radical (unpaired) electrons. The van der Waals surface area contributed by atoms with Gasteiger partial charge in [-0.1, -0.05) is 0 Å². The van der Waals surface area contributed by atoms with Crippen LogP contribution in [0.4, 0.5) is 0 Å². The molecule has 1 saturated heterocycles. The zero-order valence-corrected chi connectivity index (χ0v) is 13.0. The number of likely N-dealkylation sites (tertiary alicyclic amines) is 1. The first kappa shape index (κ1) is 13.3. The second-order valence-electron chi connectivity index (χ2n) is 5.28. The van der Waals surface area contributed by atoms with Crippen molar-refractivity contribution in [1.82, 2.24) is 4.90 Å². The van der Waals surface area contributed by atoms with Crippen LogP contribution in [-0.2, 0) is 4.79 Å². The summed E-state index contributed by atoms with van der Waals surface area (Å²) in [6, 6.07) is 3.91. The predicted octanol–water partition coefficient (Wildman–Crippen LogP) is 3.48. The fourth-order valence-corrected chi connectivity index (χ4v) is 4.63. The molecule has 0 aromatic carbocycles. The molecule has 1 saturated carbocycles. The summed E-state index contributed by atoms with van der Waals surface area (Å²) in [6.45, 7) is 0.794.